The third-order valence-corrected chi connectivity index (χ3v) is 2.50. The van der Waals surface area contributed by atoms with Crippen LogP contribution in [0.25, 0.3) is 0 Å². The van der Waals surface area contributed by atoms with Crippen molar-refractivity contribution in [1.82, 2.24) is 0 Å². The topological polar surface area (TPSA) is 43.4 Å². The Morgan fingerprint density at radius 3 is 2.39 bits per heavy atom. The minimum Gasteiger partial charge on any atom is -0.459 e. The average molecular weight is 269 g/mol. The Hall–Kier alpha value is -1.35. The molecule has 0 radical (unpaired) electrons. The van der Waals surface area contributed by atoms with E-state index in [4.69, 9.17) is 16.3 Å². The first-order valence-corrected chi connectivity index (χ1v) is 6.11. The standard InChI is InChI=1S/C14H17ClO3/c1-9(13(17)18-14(2,3)4)12(16)10-6-5-7-11(15)8-10/h5-9H,1-4H3. The summed E-state index contributed by atoms with van der Waals surface area (Å²) in [4.78, 5) is 23.8. The maximum Gasteiger partial charge on any atom is 0.317 e. The second-order valence-corrected chi connectivity index (χ2v) is 5.57. The molecule has 0 spiro atoms. The molecule has 0 saturated carbocycles. The van der Waals surface area contributed by atoms with E-state index in [1.165, 1.54) is 6.92 Å². The third kappa shape index (κ3) is 4.15. The van der Waals surface area contributed by atoms with Gasteiger partial charge in [-0.15, -0.1) is 0 Å². The molecular weight excluding hydrogens is 252 g/mol. The Morgan fingerprint density at radius 1 is 1.28 bits per heavy atom. The molecule has 18 heavy (non-hydrogen) atoms. The van der Waals surface area contributed by atoms with Gasteiger partial charge in [0.2, 0.25) is 0 Å². The maximum atomic E-state index is 12.1. The average Bonchev–Trinajstić information content (AvgIpc) is 2.24. The number of ether oxygens (including phenoxy) is 1. The number of Topliss-reactive ketones (excluding diaryl/α,β-unsaturated/α-hetero) is 1. The molecule has 1 rings (SSSR count). The molecule has 1 aromatic carbocycles. The highest BCUT2D eigenvalue weighted by molar-refractivity contribution is 6.31. The van der Waals surface area contributed by atoms with Gasteiger partial charge in [-0.3, -0.25) is 9.59 Å². The molecular formula is C14H17ClO3. The zero-order valence-electron chi connectivity index (χ0n) is 11.0. The summed E-state index contributed by atoms with van der Waals surface area (Å²) < 4.78 is 5.18. The summed E-state index contributed by atoms with van der Waals surface area (Å²) in [5, 5.41) is 0.470. The summed E-state index contributed by atoms with van der Waals surface area (Å²) in [5.41, 5.74) is -0.180. The van der Waals surface area contributed by atoms with Crippen molar-refractivity contribution in [2.45, 2.75) is 33.3 Å². The van der Waals surface area contributed by atoms with E-state index in [2.05, 4.69) is 0 Å². The Morgan fingerprint density at radius 2 is 1.89 bits per heavy atom. The van der Waals surface area contributed by atoms with Crippen LogP contribution >= 0.6 is 11.6 Å². The molecule has 0 heterocycles. The van der Waals surface area contributed by atoms with Crippen LogP contribution in [0.15, 0.2) is 24.3 Å². The predicted molar refractivity (Wildman–Crippen MR) is 70.8 cm³/mol. The Balaban J connectivity index is 2.81. The minimum atomic E-state index is -0.831. The molecule has 0 aliphatic rings. The van der Waals surface area contributed by atoms with Gasteiger partial charge in [0.1, 0.15) is 11.5 Å². The van der Waals surface area contributed by atoms with Crippen molar-refractivity contribution < 1.29 is 14.3 Å². The number of hydrogen-bond acceptors (Lipinski definition) is 3. The third-order valence-electron chi connectivity index (χ3n) is 2.26. The van der Waals surface area contributed by atoms with Crippen molar-refractivity contribution >= 4 is 23.4 Å². The number of carbonyl (C=O) groups excluding carboxylic acids is 2. The van der Waals surface area contributed by atoms with Gasteiger partial charge in [-0.05, 0) is 39.8 Å². The SMILES string of the molecule is CC(C(=O)OC(C)(C)C)C(=O)c1cccc(Cl)c1. The van der Waals surface area contributed by atoms with Gasteiger partial charge in [0.15, 0.2) is 5.78 Å². The first-order chi connectivity index (χ1) is 8.20. The first kappa shape index (κ1) is 14.7. The van der Waals surface area contributed by atoms with Crippen molar-refractivity contribution in [3.05, 3.63) is 34.9 Å². The van der Waals surface area contributed by atoms with E-state index in [1.54, 1.807) is 45.0 Å². The molecule has 4 heteroatoms. The predicted octanol–water partition coefficient (Wildman–Crippen LogP) is 3.50. The molecule has 0 fully saturated rings. The van der Waals surface area contributed by atoms with Crippen LogP contribution in [0.4, 0.5) is 0 Å². The van der Waals surface area contributed by atoms with Gasteiger partial charge in [0.25, 0.3) is 0 Å². The number of benzene rings is 1. The summed E-state index contributed by atoms with van der Waals surface area (Å²) in [6.07, 6.45) is 0. The Labute approximate surface area is 112 Å². The maximum absolute atomic E-state index is 12.1. The van der Waals surface area contributed by atoms with Gasteiger partial charge >= 0.3 is 5.97 Å². The molecule has 0 N–H and O–H groups in total. The molecule has 0 bridgehead atoms. The highest BCUT2D eigenvalue weighted by Gasteiger charge is 2.27. The fourth-order valence-electron chi connectivity index (χ4n) is 1.39. The first-order valence-electron chi connectivity index (χ1n) is 5.73. The normalized spacial score (nSPS) is 12.9. The van der Waals surface area contributed by atoms with Gasteiger partial charge in [-0.25, -0.2) is 0 Å². The quantitative estimate of drug-likeness (QED) is 0.479. The van der Waals surface area contributed by atoms with E-state index in [0.717, 1.165) is 0 Å². The van der Waals surface area contributed by atoms with E-state index in [0.29, 0.717) is 10.6 Å². The van der Waals surface area contributed by atoms with E-state index in [-0.39, 0.29) is 5.78 Å². The number of esters is 1. The number of hydrogen-bond donors (Lipinski definition) is 0. The van der Waals surface area contributed by atoms with Crippen molar-refractivity contribution in [2.24, 2.45) is 5.92 Å². The molecule has 1 atom stereocenters. The highest BCUT2D eigenvalue weighted by Crippen LogP contribution is 2.17. The number of carbonyl (C=O) groups is 2. The van der Waals surface area contributed by atoms with Crippen LogP contribution in [-0.4, -0.2) is 17.4 Å². The largest absolute Gasteiger partial charge is 0.459 e. The lowest BCUT2D eigenvalue weighted by molar-refractivity contribution is -0.157. The van der Waals surface area contributed by atoms with E-state index < -0.39 is 17.5 Å². The van der Waals surface area contributed by atoms with Crippen molar-refractivity contribution in [3.8, 4) is 0 Å². The number of halogens is 1. The zero-order valence-corrected chi connectivity index (χ0v) is 11.7. The molecule has 0 amide bonds. The molecule has 0 saturated heterocycles. The van der Waals surface area contributed by atoms with E-state index >= 15 is 0 Å². The van der Waals surface area contributed by atoms with Gasteiger partial charge in [-0.2, -0.15) is 0 Å². The number of ketones is 1. The van der Waals surface area contributed by atoms with Crippen LogP contribution < -0.4 is 0 Å². The van der Waals surface area contributed by atoms with Crippen LogP contribution in [0.3, 0.4) is 0 Å². The smallest absolute Gasteiger partial charge is 0.317 e. The van der Waals surface area contributed by atoms with Crippen molar-refractivity contribution in [2.75, 3.05) is 0 Å². The molecule has 98 valence electrons. The zero-order chi connectivity index (χ0) is 13.9. The van der Waals surface area contributed by atoms with Crippen LogP contribution in [0.1, 0.15) is 38.1 Å². The molecule has 3 nitrogen and oxygen atoms in total. The minimum absolute atomic E-state index is 0.285. The summed E-state index contributed by atoms with van der Waals surface area (Å²) >= 11 is 5.81. The van der Waals surface area contributed by atoms with Crippen LogP contribution in [0, 0.1) is 5.92 Å². The van der Waals surface area contributed by atoms with Crippen LogP contribution in [-0.2, 0) is 9.53 Å². The van der Waals surface area contributed by atoms with Crippen LogP contribution in [0.5, 0.6) is 0 Å². The van der Waals surface area contributed by atoms with Crippen LogP contribution in [0.2, 0.25) is 5.02 Å². The number of rotatable bonds is 3. The Kier molecular flexibility index (Phi) is 4.52. The van der Waals surface area contributed by atoms with E-state index in [1.807, 2.05) is 0 Å². The summed E-state index contributed by atoms with van der Waals surface area (Å²) in [6.45, 7) is 6.84. The monoisotopic (exact) mass is 268 g/mol. The summed E-state index contributed by atoms with van der Waals surface area (Å²) in [7, 11) is 0. The molecule has 0 aromatic heterocycles. The summed E-state index contributed by atoms with van der Waals surface area (Å²) in [6, 6.07) is 6.54. The molecule has 0 aliphatic heterocycles. The van der Waals surface area contributed by atoms with Crippen molar-refractivity contribution in [3.63, 3.8) is 0 Å². The fraction of sp³-hybridized carbons (Fsp3) is 0.429. The van der Waals surface area contributed by atoms with Gasteiger partial charge in [0, 0.05) is 10.6 Å². The van der Waals surface area contributed by atoms with Gasteiger partial charge in [0.05, 0.1) is 0 Å². The lowest BCUT2D eigenvalue weighted by Gasteiger charge is -2.21. The highest BCUT2D eigenvalue weighted by atomic mass is 35.5. The summed E-state index contributed by atoms with van der Waals surface area (Å²) in [5.74, 6) is -1.64. The second kappa shape index (κ2) is 5.53. The van der Waals surface area contributed by atoms with Crippen molar-refractivity contribution in [1.29, 1.82) is 0 Å². The van der Waals surface area contributed by atoms with E-state index in [9.17, 15) is 9.59 Å². The lowest BCUT2D eigenvalue weighted by atomic mass is 9.99. The fourth-order valence-corrected chi connectivity index (χ4v) is 1.58. The van der Waals surface area contributed by atoms with Gasteiger partial charge < -0.3 is 4.74 Å². The second-order valence-electron chi connectivity index (χ2n) is 5.13. The molecule has 0 aliphatic carbocycles. The van der Waals surface area contributed by atoms with Gasteiger partial charge in [-0.1, -0.05) is 23.7 Å². The Bertz CT molecular complexity index is 460. The molecule has 1 unspecified atom stereocenters. The lowest BCUT2D eigenvalue weighted by Crippen LogP contribution is -2.31. The molecule has 1 aromatic rings.